The Bertz CT molecular complexity index is 1170. The maximum Gasteiger partial charge on any atom is 0.215 e. The number of rotatable bonds is 5. The summed E-state index contributed by atoms with van der Waals surface area (Å²) in [6.07, 6.45) is 10.4. The summed E-state index contributed by atoms with van der Waals surface area (Å²) in [5.74, 6) is 1.23. The van der Waals surface area contributed by atoms with Crippen LogP contribution in [0.5, 0.6) is 17.4 Å². The molecular formula is C24H29Cl2N3O5. The van der Waals surface area contributed by atoms with Crippen LogP contribution in [0.3, 0.4) is 0 Å². The number of aromatic hydroxyl groups is 1. The molecule has 5 rings (SSSR count). The second-order valence-electron chi connectivity index (χ2n) is 8.11. The molecule has 184 valence electrons. The first kappa shape index (κ1) is 26.1. The van der Waals surface area contributed by atoms with Gasteiger partial charge in [0.25, 0.3) is 0 Å². The predicted molar refractivity (Wildman–Crippen MR) is 134 cm³/mol. The van der Waals surface area contributed by atoms with Gasteiger partial charge in [0.05, 0.1) is 14.2 Å². The molecule has 2 aliphatic heterocycles. The van der Waals surface area contributed by atoms with E-state index in [1.165, 1.54) is 0 Å². The number of methoxy groups -OCH3 is 2. The minimum absolute atomic E-state index is 0. The third-order valence-electron chi connectivity index (χ3n) is 6.57. The summed E-state index contributed by atoms with van der Waals surface area (Å²) in [5.41, 5.74) is 5.13. The lowest BCUT2D eigenvalue weighted by molar-refractivity contribution is -0.0302. The fourth-order valence-corrected chi connectivity index (χ4v) is 5.02. The second-order valence-corrected chi connectivity index (χ2v) is 8.11. The molecule has 1 aliphatic carbocycles. The summed E-state index contributed by atoms with van der Waals surface area (Å²) in [7, 11) is 5.09. The molecule has 1 spiro atoms. The van der Waals surface area contributed by atoms with Gasteiger partial charge in [-0.15, -0.1) is 24.8 Å². The molecule has 0 amide bonds. The van der Waals surface area contributed by atoms with Crippen LogP contribution in [0.1, 0.15) is 11.3 Å². The molecule has 1 aromatic carbocycles. The third-order valence-corrected chi connectivity index (χ3v) is 6.57. The average Bonchev–Trinajstić information content (AvgIpc) is 3.22. The van der Waals surface area contributed by atoms with Crippen LogP contribution in [-0.4, -0.2) is 60.9 Å². The Morgan fingerprint density at radius 1 is 1.21 bits per heavy atom. The van der Waals surface area contributed by atoms with Crippen LogP contribution in [-0.2, 0) is 15.9 Å². The first-order chi connectivity index (χ1) is 15.5. The van der Waals surface area contributed by atoms with Crippen LogP contribution < -0.4 is 14.9 Å². The van der Waals surface area contributed by atoms with Crippen molar-refractivity contribution in [3.8, 4) is 17.4 Å². The van der Waals surface area contributed by atoms with E-state index in [4.69, 9.17) is 18.9 Å². The van der Waals surface area contributed by atoms with E-state index in [1.54, 1.807) is 14.2 Å². The van der Waals surface area contributed by atoms with Crippen molar-refractivity contribution in [1.29, 1.82) is 0 Å². The van der Waals surface area contributed by atoms with Gasteiger partial charge in [-0.3, -0.25) is 0 Å². The van der Waals surface area contributed by atoms with Crippen LogP contribution >= 0.6 is 24.8 Å². The van der Waals surface area contributed by atoms with Gasteiger partial charge in [0.15, 0.2) is 11.5 Å². The molecule has 1 aromatic heterocycles. The van der Waals surface area contributed by atoms with Crippen LogP contribution in [0.4, 0.5) is 0 Å². The number of nitrogens with one attached hydrogen (secondary N) is 1. The zero-order valence-corrected chi connectivity index (χ0v) is 21.0. The van der Waals surface area contributed by atoms with Gasteiger partial charge in [0.2, 0.25) is 5.88 Å². The summed E-state index contributed by atoms with van der Waals surface area (Å²) in [6.45, 7) is 2.11. The first-order valence-corrected chi connectivity index (χ1v) is 10.5. The fourth-order valence-electron chi connectivity index (χ4n) is 5.02. The molecule has 0 saturated carbocycles. The quantitative estimate of drug-likeness (QED) is 0.632. The molecule has 3 atom stereocenters. The Kier molecular flexibility index (Phi) is 7.69. The molecule has 1 saturated heterocycles. The highest BCUT2D eigenvalue weighted by molar-refractivity contribution is 5.92. The average molecular weight is 510 g/mol. The van der Waals surface area contributed by atoms with E-state index in [-0.39, 0.29) is 49.6 Å². The summed E-state index contributed by atoms with van der Waals surface area (Å²) < 4.78 is 23.0. The van der Waals surface area contributed by atoms with Gasteiger partial charge in [-0.25, -0.2) is 10.4 Å². The molecule has 8 nitrogen and oxygen atoms in total. The van der Waals surface area contributed by atoms with E-state index in [1.807, 2.05) is 49.5 Å². The predicted octanol–water partition coefficient (Wildman–Crippen LogP) is 3.59. The highest BCUT2D eigenvalue weighted by atomic mass is 35.5. The monoisotopic (exact) mass is 509 g/mol. The second kappa shape index (κ2) is 10.0. The first-order valence-electron chi connectivity index (χ1n) is 10.5. The van der Waals surface area contributed by atoms with Gasteiger partial charge >= 0.3 is 0 Å². The van der Waals surface area contributed by atoms with E-state index in [0.29, 0.717) is 17.9 Å². The lowest BCUT2D eigenvalue weighted by Crippen LogP contribution is -2.62. The lowest BCUT2D eigenvalue weighted by Gasteiger charge is -2.47. The maximum atomic E-state index is 10.9. The minimum Gasteiger partial charge on any atom is -0.493 e. The van der Waals surface area contributed by atoms with Gasteiger partial charge < -0.3 is 29.1 Å². The summed E-state index contributed by atoms with van der Waals surface area (Å²) in [4.78, 5) is 4.42. The van der Waals surface area contributed by atoms with Crippen LogP contribution in [0.25, 0.3) is 10.8 Å². The third kappa shape index (κ3) is 3.89. The van der Waals surface area contributed by atoms with Crippen molar-refractivity contribution in [3.05, 3.63) is 59.5 Å². The van der Waals surface area contributed by atoms with Crippen molar-refractivity contribution in [2.24, 2.45) is 0 Å². The van der Waals surface area contributed by atoms with Crippen molar-refractivity contribution in [3.63, 3.8) is 0 Å². The highest BCUT2D eigenvalue weighted by Crippen LogP contribution is 2.44. The SMILES string of the molecule is CNN1C=CC2OCOC23C=CC=C(Cc2c(O)nc(C)c4cc(OC)c(OC)cc24)C13.Cl.Cl. The molecule has 0 bridgehead atoms. The van der Waals surface area contributed by atoms with Crippen molar-refractivity contribution in [1.82, 2.24) is 15.4 Å². The number of allylic oxidation sites excluding steroid dienone is 2. The Morgan fingerprint density at radius 2 is 1.91 bits per heavy atom. The molecule has 1 fully saturated rings. The number of nitrogens with zero attached hydrogens (tertiary/aromatic N) is 2. The number of pyridine rings is 1. The van der Waals surface area contributed by atoms with Crippen molar-refractivity contribution in [2.45, 2.75) is 31.1 Å². The molecular weight excluding hydrogens is 481 g/mol. The standard InChI is InChI=1S/C24H27N3O5.2ClH/c1-14-16-11-19(29-3)20(30-4)12-17(16)18(23(28)26-14)10-15-6-5-8-24-21(31-13-32-24)7-9-27(25-2)22(15)24;;/h5-9,11-12,21-22,25H,10,13H2,1-4H3,(H,26,28);2*1H. The molecule has 3 aliphatic rings. The summed E-state index contributed by atoms with van der Waals surface area (Å²) >= 11 is 0. The largest absolute Gasteiger partial charge is 0.493 e. The van der Waals surface area contributed by atoms with E-state index >= 15 is 0 Å². The van der Waals surface area contributed by atoms with Crippen molar-refractivity contribution < 1.29 is 24.1 Å². The zero-order chi connectivity index (χ0) is 22.5. The Morgan fingerprint density at radius 3 is 2.59 bits per heavy atom. The van der Waals surface area contributed by atoms with Crippen LogP contribution in [0.2, 0.25) is 0 Å². The lowest BCUT2D eigenvalue weighted by atomic mass is 9.76. The number of hydrogen-bond donors (Lipinski definition) is 2. The molecule has 3 unspecified atom stereocenters. The van der Waals surface area contributed by atoms with Gasteiger partial charge in [-0.2, -0.15) is 0 Å². The normalized spacial score (nSPS) is 24.6. The smallest absolute Gasteiger partial charge is 0.215 e. The van der Waals surface area contributed by atoms with Gasteiger partial charge in [-0.05, 0) is 42.2 Å². The van der Waals surface area contributed by atoms with E-state index in [0.717, 1.165) is 27.6 Å². The minimum atomic E-state index is -0.633. The number of hydrogen-bond acceptors (Lipinski definition) is 8. The number of halogens is 2. The van der Waals surface area contributed by atoms with E-state index in [9.17, 15) is 5.11 Å². The topological polar surface area (TPSA) is 85.3 Å². The van der Waals surface area contributed by atoms with Gasteiger partial charge in [0, 0.05) is 36.3 Å². The van der Waals surface area contributed by atoms with E-state index in [2.05, 4.69) is 22.6 Å². The number of ether oxygens (including phenoxy) is 4. The molecule has 0 radical (unpaired) electrons. The number of fused-ring (bicyclic) bond motifs is 1. The number of hydrazine groups is 1. The Labute approximate surface area is 211 Å². The van der Waals surface area contributed by atoms with Crippen molar-refractivity contribution >= 4 is 35.6 Å². The summed E-state index contributed by atoms with van der Waals surface area (Å²) in [5, 5.41) is 14.7. The number of aryl methyl sites for hydroxylation is 1. The Balaban J connectivity index is 0.00000162. The molecule has 2 aromatic rings. The molecule has 10 heteroatoms. The van der Waals surface area contributed by atoms with Crippen LogP contribution in [0.15, 0.2) is 48.2 Å². The Hall–Kier alpha value is -2.49. The zero-order valence-electron chi connectivity index (χ0n) is 19.4. The number of benzene rings is 1. The van der Waals surface area contributed by atoms with Gasteiger partial charge in [0.1, 0.15) is 24.5 Å². The van der Waals surface area contributed by atoms with Crippen molar-refractivity contribution in [2.75, 3.05) is 28.1 Å². The molecule has 3 heterocycles. The molecule has 34 heavy (non-hydrogen) atoms. The highest BCUT2D eigenvalue weighted by Gasteiger charge is 2.54. The van der Waals surface area contributed by atoms with Crippen LogP contribution in [0, 0.1) is 6.92 Å². The number of aromatic nitrogens is 1. The fraction of sp³-hybridized carbons (Fsp3) is 0.375. The summed E-state index contributed by atoms with van der Waals surface area (Å²) in [6, 6.07) is 3.66. The molecule has 2 N–H and O–H groups in total. The van der Waals surface area contributed by atoms with E-state index < -0.39 is 5.60 Å². The maximum absolute atomic E-state index is 10.9. The van der Waals surface area contributed by atoms with Gasteiger partial charge in [-0.1, -0.05) is 12.2 Å².